The van der Waals surface area contributed by atoms with Gasteiger partial charge in [-0.3, -0.25) is 4.79 Å². The van der Waals surface area contributed by atoms with Crippen molar-refractivity contribution < 1.29 is 4.74 Å². The molecule has 2 N–H and O–H groups in total. The maximum Gasteiger partial charge on any atom is 0.274 e. The van der Waals surface area contributed by atoms with Crippen LogP contribution in [0.4, 0.5) is 0 Å². The van der Waals surface area contributed by atoms with E-state index in [9.17, 15) is 4.79 Å². The molecule has 3 rings (SSSR count). The maximum atomic E-state index is 12.4. The van der Waals surface area contributed by atoms with Gasteiger partial charge in [-0.15, -0.1) is 17.0 Å². The molecule has 5 nitrogen and oxygen atoms in total. The standard InChI is InChI=1S/C20H21N3O2.BrH/c1-25-18-8-5-15(6-9-18)3-4-16-7-10-19-17(13-16)14-22-23(20(19)24)12-2-11-21;/h3-10,13-14H,2,11-12,21H2,1H3;1H. The van der Waals surface area contributed by atoms with Crippen LogP contribution >= 0.6 is 17.0 Å². The SMILES string of the molecule is Br.COc1ccc(C=Cc2ccc3c(=O)n(CCCN)ncc3c2)cc1. The number of halogens is 1. The number of fused-ring (bicyclic) bond motifs is 1. The Morgan fingerprint density at radius 3 is 2.50 bits per heavy atom. The third-order valence-electron chi connectivity index (χ3n) is 4.03. The van der Waals surface area contributed by atoms with E-state index in [1.807, 2.05) is 54.6 Å². The molecule has 0 radical (unpaired) electrons. The van der Waals surface area contributed by atoms with Gasteiger partial charge < -0.3 is 10.5 Å². The molecule has 0 saturated carbocycles. The van der Waals surface area contributed by atoms with Gasteiger partial charge in [0, 0.05) is 11.9 Å². The molecule has 0 unspecified atom stereocenters. The van der Waals surface area contributed by atoms with Crippen molar-refractivity contribution in [2.45, 2.75) is 13.0 Å². The van der Waals surface area contributed by atoms with Gasteiger partial charge in [0.05, 0.1) is 18.7 Å². The van der Waals surface area contributed by atoms with Crippen LogP contribution in [0.25, 0.3) is 22.9 Å². The number of nitrogens with zero attached hydrogens (tertiary/aromatic N) is 2. The fourth-order valence-electron chi connectivity index (χ4n) is 2.62. The molecule has 3 aromatic rings. The Morgan fingerprint density at radius 2 is 1.81 bits per heavy atom. The first-order valence-corrected chi connectivity index (χ1v) is 8.23. The second kappa shape index (κ2) is 9.31. The van der Waals surface area contributed by atoms with E-state index in [-0.39, 0.29) is 22.5 Å². The lowest BCUT2D eigenvalue weighted by Gasteiger charge is -2.05. The molecule has 2 aromatic carbocycles. The fraction of sp³-hybridized carbons (Fsp3) is 0.200. The van der Waals surface area contributed by atoms with Crippen molar-refractivity contribution in [2.24, 2.45) is 5.73 Å². The van der Waals surface area contributed by atoms with Crippen LogP contribution in [0.1, 0.15) is 17.5 Å². The highest BCUT2D eigenvalue weighted by Gasteiger charge is 2.04. The molecule has 136 valence electrons. The molecule has 0 bridgehead atoms. The third-order valence-corrected chi connectivity index (χ3v) is 4.03. The molecular weight excluding hydrogens is 394 g/mol. The predicted molar refractivity (Wildman–Crippen MR) is 112 cm³/mol. The monoisotopic (exact) mass is 415 g/mol. The highest BCUT2D eigenvalue weighted by atomic mass is 79.9. The molecule has 0 saturated heterocycles. The Hall–Kier alpha value is -2.44. The average molecular weight is 416 g/mol. The van der Waals surface area contributed by atoms with Crippen LogP contribution in [0.2, 0.25) is 0 Å². The molecule has 26 heavy (non-hydrogen) atoms. The van der Waals surface area contributed by atoms with Gasteiger partial charge in [0.15, 0.2) is 0 Å². The molecule has 0 spiro atoms. The van der Waals surface area contributed by atoms with Crippen molar-refractivity contribution >= 4 is 39.9 Å². The van der Waals surface area contributed by atoms with Crippen molar-refractivity contribution in [3.63, 3.8) is 0 Å². The number of ether oxygens (including phenoxy) is 1. The summed E-state index contributed by atoms with van der Waals surface area (Å²) >= 11 is 0. The molecule has 0 aliphatic rings. The van der Waals surface area contributed by atoms with Crippen molar-refractivity contribution in [3.8, 4) is 5.75 Å². The summed E-state index contributed by atoms with van der Waals surface area (Å²) < 4.78 is 6.63. The largest absolute Gasteiger partial charge is 0.497 e. The van der Waals surface area contributed by atoms with E-state index in [4.69, 9.17) is 10.5 Å². The van der Waals surface area contributed by atoms with Crippen LogP contribution in [0.3, 0.4) is 0 Å². The molecule has 0 atom stereocenters. The summed E-state index contributed by atoms with van der Waals surface area (Å²) in [5, 5.41) is 5.75. The first-order valence-electron chi connectivity index (χ1n) is 8.23. The molecule has 6 heteroatoms. The number of methoxy groups -OCH3 is 1. The molecule has 1 aromatic heterocycles. The predicted octanol–water partition coefficient (Wildman–Crippen LogP) is 3.50. The van der Waals surface area contributed by atoms with Crippen molar-refractivity contribution in [2.75, 3.05) is 13.7 Å². The average Bonchev–Trinajstić information content (AvgIpc) is 2.66. The van der Waals surface area contributed by atoms with Gasteiger partial charge >= 0.3 is 0 Å². The number of aryl methyl sites for hydroxylation is 1. The topological polar surface area (TPSA) is 70.1 Å². The third kappa shape index (κ3) is 4.59. The summed E-state index contributed by atoms with van der Waals surface area (Å²) in [4.78, 5) is 12.4. The van der Waals surface area contributed by atoms with Crippen LogP contribution < -0.4 is 16.0 Å². The second-order valence-corrected chi connectivity index (χ2v) is 5.77. The molecule has 0 fully saturated rings. The zero-order chi connectivity index (χ0) is 17.6. The van der Waals surface area contributed by atoms with Crippen LogP contribution in [0, 0.1) is 0 Å². The summed E-state index contributed by atoms with van der Waals surface area (Å²) in [5.41, 5.74) is 7.52. The van der Waals surface area contributed by atoms with Gasteiger partial charge in [0.25, 0.3) is 5.56 Å². The fourth-order valence-corrected chi connectivity index (χ4v) is 2.62. The molecule has 0 aliphatic heterocycles. The highest BCUT2D eigenvalue weighted by Crippen LogP contribution is 2.16. The Kier molecular flexibility index (Phi) is 7.12. The number of hydrogen-bond acceptors (Lipinski definition) is 4. The Labute approximate surface area is 162 Å². The maximum absolute atomic E-state index is 12.4. The number of benzene rings is 2. The number of rotatable bonds is 6. The van der Waals surface area contributed by atoms with E-state index in [0.717, 1.165) is 28.7 Å². The van der Waals surface area contributed by atoms with E-state index >= 15 is 0 Å². The number of aromatic nitrogens is 2. The van der Waals surface area contributed by atoms with Crippen molar-refractivity contribution in [1.29, 1.82) is 0 Å². The zero-order valence-corrected chi connectivity index (χ0v) is 16.3. The number of hydrogen-bond donors (Lipinski definition) is 1. The highest BCUT2D eigenvalue weighted by molar-refractivity contribution is 8.93. The Morgan fingerprint density at radius 1 is 1.12 bits per heavy atom. The van der Waals surface area contributed by atoms with Gasteiger partial charge in [0.2, 0.25) is 0 Å². The molecule has 1 heterocycles. The van der Waals surface area contributed by atoms with Gasteiger partial charge in [-0.1, -0.05) is 30.4 Å². The lowest BCUT2D eigenvalue weighted by Crippen LogP contribution is -2.23. The molecule has 0 aliphatic carbocycles. The minimum atomic E-state index is -0.0726. The summed E-state index contributed by atoms with van der Waals surface area (Å²) in [5.74, 6) is 0.833. The summed E-state index contributed by atoms with van der Waals surface area (Å²) in [6.45, 7) is 1.09. The van der Waals surface area contributed by atoms with Crippen molar-refractivity contribution in [3.05, 3.63) is 70.1 Å². The summed E-state index contributed by atoms with van der Waals surface area (Å²) in [7, 11) is 1.65. The molecular formula is C20H22BrN3O2. The summed E-state index contributed by atoms with van der Waals surface area (Å²) in [6, 6.07) is 13.6. The van der Waals surface area contributed by atoms with Gasteiger partial charge in [0.1, 0.15) is 5.75 Å². The minimum Gasteiger partial charge on any atom is -0.497 e. The quantitative estimate of drug-likeness (QED) is 0.625. The smallest absolute Gasteiger partial charge is 0.274 e. The van der Waals surface area contributed by atoms with Crippen LogP contribution in [0.15, 0.2) is 53.5 Å². The Bertz CT molecular complexity index is 949. The first-order chi connectivity index (χ1) is 12.2. The Balaban J connectivity index is 0.00000243. The molecule has 0 amide bonds. The van der Waals surface area contributed by atoms with Gasteiger partial charge in [-0.05, 0) is 48.4 Å². The minimum absolute atomic E-state index is 0. The zero-order valence-electron chi connectivity index (χ0n) is 14.6. The van der Waals surface area contributed by atoms with Crippen LogP contribution in [0.5, 0.6) is 5.75 Å². The van der Waals surface area contributed by atoms with E-state index in [1.54, 1.807) is 13.3 Å². The lowest BCUT2D eigenvalue weighted by molar-refractivity contribution is 0.415. The lowest BCUT2D eigenvalue weighted by atomic mass is 10.1. The van der Waals surface area contributed by atoms with Crippen molar-refractivity contribution in [1.82, 2.24) is 9.78 Å². The van der Waals surface area contributed by atoms with Gasteiger partial charge in [-0.2, -0.15) is 5.10 Å². The van der Waals surface area contributed by atoms with E-state index in [0.29, 0.717) is 18.5 Å². The van der Waals surface area contributed by atoms with E-state index < -0.39 is 0 Å². The van der Waals surface area contributed by atoms with Crippen LogP contribution in [-0.4, -0.2) is 23.4 Å². The van der Waals surface area contributed by atoms with E-state index in [2.05, 4.69) is 5.10 Å². The summed E-state index contributed by atoms with van der Waals surface area (Å²) in [6.07, 6.45) is 6.51. The second-order valence-electron chi connectivity index (χ2n) is 5.77. The van der Waals surface area contributed by atoms with E-state index in [1.165, 1.54) is 4.68 Å². The normalized spacial score (nSPS) is 10.8. The van der Waals surface area contributed by atoms with Gasteiger partial charge in [-0.25, -0.2) is 4.68 Å². The number of nitrogens with two attached hydrogens (primary N) is 1. The van der Waals surface area contributed by atoms with Crippen LogP contribution in [-0.2, 0) is 6.54 Å². The first kappa shape index (κ1) is 19.9.